The van der Waals surface area contributed by atoms with Gasteiger partial charge >= 0.3 is 21.8 Å². The first-order chi connectivity index (χ1) is 36.0. The van der Waals surface area contributed by atoms with Gasteiger partial charge in [0, 0.05) is 26.2 Å². The zero-order valence-electron chi connectivity index (χ0n) is 48.0. The highest BCUT2D eigenvalue weighted by Crippen LogP contribution is 2.61. The third-order valence-electron chi connectivity index (χ3n) is 11.6. The molecule has 0 spiro atoms. The van der Waals surface area contributed by atoms with Crippen molar-refractivity contribution in [2.24, 2.45) is 15.0 Å². The molecule has 0 aromatic carbocycles. The fraction of sp³-hybridized carbons (Fsp3) is 0.769. The number of quaternary nitrogens is 3. The van der Waals surface area contributed by atoms with E-state index in [9.17, 15) is 51.8 Å². The highest BCUT2D eigenvalue weighted by molar-refractivity contribution is 7.75. The molecule has 0 amide bonds. The lowest BCUT2D eigenvalue weighted by atomic mass is 10.2. The Kier molecular flexibility index (Phi) is 58.0. The van der Waals surface area contributed by atoms with Gasteiger partial charge < -0.3 is 56.4 Å². The van der Waals surface area contributed by atoms with Crippen LogP contribution in [0.3, 0.4) is 0 Å². The Balaban J connectivity index is -0.000000406. The molecular formula is C52H103B3F12N8P+. The number of halogens is 12. The second kappa shape index (κ2) is 55.4. The maximum atomic E-state index is 9.75. The molecule has 0 saturated carbocycles. The lowest BCUT2D eigenvalue weighted by Gasteiger charge is -2.28. The molecule has 1 aromatic rings. The Bertz CT molecular complexity index is 1350. The van der Waals surface area contributed by atoms with Gasteiger partial charge in [0.25, 0.3) is 0 Å². The number of nitrogens with zero attached hydrogens (tertiary/aromatic N) is 5. The summed E-state index contributed by atoms with van der Waals surface area (Å²) in [6.07, 6.45) is 63.0. The van der Waals surface area contributed by atoms with E-state index < -0.39 is 29.0 Å². The van der Waals surface area contributed by atoms with Crippen LogP contribution < -0.4 is 14.7 Å². The average Bonchev–Trinajstić information content (AvgIpc) is 4.22. The summed E-state index contributed by atoms with van der Waals surface area (Å²) in [6, 6.07) is 0. The highest BCUT2D eigenvalue weighted by Gasteiger charge is 2.34. The Morgan fingerprint density at radius 2 is 0.645 bits per heavy atom. The number of imidazole rings is 1. The van der Waals surface area contributed by atoms with Crippen LogP contribution in [0.25, 0.3) is 0 Å². The van der Waals surface area contributed by atoms with Crippen LogP contribution >= 0.6 is 7.26 Å². The predicted molar refractivity (Wildman–Crippen MR) is 306 cm³/mol. The van der Waals surface area contributed by atoms with Crippen LogP contribution in [-0.2, 0) is 6.54 Å². The summed E-state index contributed by atoms with van der Waals surface area (Å²) in [7, 11) is -18.6. The topological polar surface area (TPSA) is 68.2 Å². The molecular weight excluding hydrogens is 1030 g/mol. The van der Waals surface area contributed by atoms with Gasteiger partial charge in [-0.25, -0.2) is 20.0 Å². The van der Waals surface area contributed by atoms with Crippen molar-refractivity contribution in [3.05, 3.63) is 55.9 Å². The lowest BCUT2D eigenvalue weighted by molar-refractivity contribution is -0.736. The zero-order chi connectivity index (χ0) is 58.3. The molecule has 0 fully saturated rings. The second-order valence-corrected chi connectivity index (χ2v) is 23.4. The molecule has 3 aliphatic heterocycles. The van der Waals surface area contributed by atoms with Gasteiger partial charge in [0.2, 0.25) is 0 Å². The molecule has 0 bridgehead atoms. The van der Waals surface area contributed by atoms with Gasteiger partial charge in [-0.15, -0.1) is 0 Å². The van der Waals surface area contributed by atoms with Gasteiger partial charge in [-0.2, -0.15) is 0 Å². The molecule has 1 aromatic heterocycles. The van der Waals surface area contributed by atoms with Crippen molar-refractivity contribution in [3.63, 3.8) is 0 Å². The molecule has 448 valence electrons. The summed E-state index contributed by atoms with van der Waals surface area (Å²) in [4.78, 5) is 20.2. The first-order valence-corrected chi connectivity index (χ1v) is 31.1. The average molecular weight is 1130 g/mol. The second-order valence-electron chi connectivity index (χ2n) is 18.9. The van der Waals surface area contributed by atoms with Gasteiger partial charge in [0.15, 0.2) is 19.0 Å². The molecule has 3 aliphatic rings. The van der Waals surface area contributed by atoms with Crippen LogP contribution in [-0.4, -0.2) is 94.6 Å². The minimum atomic E-state index is -6.00. The number of nitrogens with one attached hydrogen (secondary N) is 3. The highest BCUT2D eigenvalue weighted by atomic mass is 31.2. The fourth-order valence-corrected chi connectivity index (χ4v) is 12.7. The predicted octanol–water partition coefficient (Wildman–Crippen LogP) is 15.5. The van der Waals surface area contributed by atoms with Gasteiger partial charge in [-0.05, 0) is 77.0 Å². The maximum Gasteiger partial charge on any atom is 0.673 e. The number of aromatic nitrogens is 2. The van der Waals surface area contributed by atoms with Crippen molar-refractivity contribution < 1.29 is 66.5 Å². The minimum absolute atomic E-state index is 0.586. The molecule has 3 unspecified atom stereocenters. The van der Waals surface area contributed by atoms with Crippen molar-refractivity contribution in [1.29, 1.82) is 0 Å². The SMILES string of the molecule is CCCCCC[NH+]1C=CN=C1.CCCCCC[NH+]1C=CN=C1.CCCCCC[NH+]1C=CN=C1.CCCCCC[P+](CCCC)(CCCC)CCCC.CCCCn1ccnc1.F[B-](F)(F)F.F[B-](F)(F)F.F[B-](F)(F)F. The van der Waals surface area contributed by atoms with Crippen molar-refractivity contribution in [3.8, 4) is 0 Å². The van der Waals surface area contributed by atoms with E-state index >= 15 is 0 Å². The van der Waals surface area contributed by atoms with Crippen LogP contribution in [0, 0.1) is 0 Å². The zero-order valence-corrected chi connectivity index (χ0v) is 48.9. The van der Waals surface area contributed by atoms with Crippen LogP contribution in [0.4, 0.5) is 51.8 Å². The number of hydrogen-bond donors (Lipinski definition) is 3. The van der Waals surface area contributed by atoms with E-state index in [1.165, 1.54) is 188 Å². The van der Waals surface area contributed by atoms with Crippen LogP contribution in [0.5, 0.6) is 0 Å². The van der Waals surface area contributed by atoms with Crippen molar-refractivity contribution in [1.82, 2.24) is 9.55 Å². The summed E-state index contributed by atoms with van der Waals surface area (Å²) in [5.74, 6) is 0. The van der Waals surface area contributed by atoms with E-state index in [0.717, 1.165) is 6.54 Å². The number of aryl methyl sites for hydroxylation is 1. The number of unbranched alkanes of at least 4 members (excludes halogenated alkanes) is 16. The Morgan fingerprint density at radius 3 is 0.882 bits per heavy atom. The standard InChI is InChI=1S/C18H40P.3C9H16N2.C7H12N2.3BF4/c1-5-9-13-14-18-19(15-10-6-2,16-11-7-3)17-12-8-4;3*1-2-3-4-5-7-11-8-6-10-9-11;1-2-3-5-9-6-4-8-7-9;3*2-1(3,4)5/h5-18H2,1-4H3;3*6,8-9H,2-5,7H2,1H3;4,6-7H,2-3,5H2,1H3;;;/q+1;;;;;3*-1/p+3. The van der Waals surface area contributed by atoms with Gasteiger partial charge in [-0.1, -0.05) is 132 Å². The summed E-state index contributed by atoms with van der Waals surface area (Å²) < 4.78 is 119. The molecule has 76 heavy (non-hydrogen) atoms. The van der Waals surface area contributed by atoms with Crippen LogP contribution in [0.15, 0.2) is 70.9 Å². The molecule has 3 N–H and O–H groups in total. The van der Waals surface area contributed by atoms with E-state index in [4.69, 9.17) is 0 Å². The Hall–Kier alpha value is -2.90. The molecule has 24 heteroatoms. The monoisotopic (exact) mass is 1130 g/mol. The van der Waals surface area contributed by atoms with E-state index in [2.05, 4.69) is 98.5 Å². The van der Waals surface area contributed by atoms with Crippen LogP contribution in [0.1, 0.15) is 209 Å². The molecule has 0 radical (unpaired) electrons. The van der Waals surface area contributed by atoms with E-state index in [0.29, 0.717) is 0 Å². The molecule has 0 aliphatic carbocycles. The quantitative estimate of drug-likeness (QED) is 0.0286. The molecule has 4 rings (SSSR count). The Labute approximate surface area is 454 Å². The molecule has 0 saturated heterocycles. The molecule has 3 atom stereocenters. The largest absolute Gasteiger partial charge is 0.673 e. The summed E-state index contributed by atoms with van der Waals surface area (Å²) >= 11 is 0. The third-order valence-corrected chi connectivity index (χ3v) is 16.6. The summed E-state index contributed by atoms with van der Waals surface area (Å²) in [6.45, 7) is 23.1. The van der Waals surface area contributed by atoms with E-state index in [1.807, 2.05) is 56.3 Å². The van der Waals surface area contributed by atoms with Crippen molar-refractivity contribution >= 4 is 48.0 Å². The van der Waals surface area contributed by atoms with Gasteiger partial charge in [0.05, 0.1) is 69.2 Å². The normalized spacial score (nSPS) is 15.8. The Morgan fingerprint density at radius 1 is 0.368 bits per heavy atom. The number of rotatable bonds is 32. The summed E-state index contributed by atoms with van der Waals surface area (Å²) in [5.41, 5.74) is 0. The van der Waals surface area contributed by atoms with E-state index in [-0.39, 0.29) is 0 Å². The van der Waals surface area contributed by atoms with Gasteiger partial charge in [0.1, 0.15) is 18.6 Å². The lowest BCUT2D eigenvalue weighted by Crippen LogP contribution is -3.05. The van der Waals surface area contributed by atoms with Crippen molar-refractivity contribution in [2.75, 3.05) is 44.3 Å². The minimum Gasteiger partial charge on any atom is -0.418 e. The first kappa shape index (κ1) is 79.6. The van der Waals surface area contributed by atoms with Crippen LogP contribution in [0.2, 0.25) is 0 Å². The number of aliphatic imine (C=N–C) groups is 3. The third kappa shape index (κ3) is 73.2. The van der Waals surface area contributed by atoms with Gasteiger partial charge in [-0.3, -0.25) is 14.7 Å². The smallest absolute Gasteiger partial charge is 0.418 e. The van der Waals surface area contributed by atoms with E-state index in [1.54, 1.807) is 24.6 Å². The first-order valence-electron chi connectivity index (χ1n) is 28.6. The fourth-order valence-electron chi connectivity index (χ4n) is 7.46. The maximum absolute atomic E-state index is 9.75. The number of hydrogen-bond acceptors (Lipinski definition) is 4. The summed E-state index contributed by atoms with van der Waals surface area (Å²) in [5, 5.41) is 0. The van der Waals surface area contributed by atoms with Crippen molar-refractivity contribution in [2.45, 2.75) is 216 Å². The molecule has 4 heterocycles. The molecule has 8 nitrogen and oxygen atoms in total.